The number of carboxylic acid groups (broad SMARTS) is 1. The first-order valence-corrected chi connectivity index (χ1v) is 11.0. The van der Waals surface area contributed by atoms with Crippen LogP contribution in [0.15, 0.2) is 54.6 Å². The highest BCUT2D eigenvalue weighted by Gasteiger charge is 2.40. The predicted molar refractivity (Wildman–Crippen MR) is 120 cm³/mol. The van der Waals surface area contributed by atoms with E-state index in [1.807, 2.05) is 41.3 Å². The van der Waals surface area contributed by atoms with Gasteiger partial charge in [0, 0.05) is 6.54 Å². The van der Waals surface area contributed by atoms with Crippen molar-refractivity contribution >= 4 is 11.9 Å². The first kappa shape index (κ1) is 22.8. The summed E-state index contributed by atoms with van der Waals surface area (Å²) in [4.78, 5) is 25.9. The minimum Gasteiger partial charge on any atom is -0.491 e. The van der Waals surface area contributed by atoms with Crippen molar-refractivity contribution in [1.82, 2.24) is 4.90 Å². The fourth-order valence-electron chi connectivity index (χ4n) is 4.19. The van der Waals surface area contributed by atoms with Crippen LogP contribution in [-0.2, 0) is 22.4 Å². The third kappa shape index (κ3) is 6.82. The van der Waals surface area contributed by atoms with E-state index in [9.17, 15) is 14.7 Å². The fraction of sp³-hybridized carbons (Fsp3) is 0.440. The summed E-state index contributed by atoms with van der Waals surface area (Å²) in [6.07, 6.45) is 3.93. The van der Waals surface area contributed by atoms with E-state index >= 15 is 0 Å². The molecule has 166 valence electrons. The lowest BCUT2D eigenvalue weighted by Gasteiger charge is -2.25. The van der Waals surface area contributed by atoms with Crippen molar-refractivity contribution in [3.63, 3.8) is 0 Å². The van der Waals surface area contributed by atoms with Crippen molar-refractivity contribution in [2.75, 3.05) is 19.7 Å². The second-order valence-corrected chi connectivity index (χ2v) is 8.16. The van der Waals surface area contributed by atoms with Crippen molar-refractivity contribution in [3.05, 3.63) is 65.7 Å². The predicted octanol–water partition coefficient (Wildman–Crippen LogP) is 3.28. The second-order valence-electron chi connectivity index (χ2n) is 8.16. The number of carboxylic acids is 1. The Morgan fingerprint density at radius 2 is 1.81 bits per heavy atom. The van der Waals surface area contributed by atoms with Crippen molar-refractivity contribution in [2.45, 2.75) is 44.6 Å². The topological polar surface area (TPSA) is 92.9 Å². The van der Waals surface area contributed by atoms with Crippen molar-refractivity contribution in [1.29, 1.82) is 0 Å². The SMILES string of the molecule is NCCCc1cccc(OC[C@@H]2C[C@@H](CC(=O)O)C(=O)N2CCCc2ccccc2)c1. The molecule has 0 radical (unpaired) electrons. The van der Waals surface area contributed by atoms with Crippen LogP contribution in [0.25, 0.3) is 0 Å². The normalized spacial score (nSPS) is 18.4. The summed E-state index contributed by atoms with van der Waals surface area (Å²) in [5, 5.41) is 9.19. The Kier molecular flexibility index (Phi) is 8.47. The van der Waals surface area contributed by atoms with E-state index in [1.165, 1.54) is 11.1 Å². The van der Waals surface area contributed by atoms with Gasteiger partial charge in [-0.3, -0.25) is 9.59 Å². The number of nitrogens with two attached hydrogens (primary N) is 1. The minimum atomic E-state index is -0.934. The van der Waals surface area contributed by atoms with Crippen molar-refractivity contribution in [3.8, 4) is 5.75 Å². The Hall–Kier alpha value is -2.86. The highest BCUT2D eigenvalue weighted by Crippen LogP contribution is 2.29. The average molecular weight is 425 g/mol. The Morgan fingerprint density at radius 1 is 1.06 bits per heavy atom. The van der Waals surface area contributed by atoms with Gasteiger partial charge in [0.05, 0.1) is 18.4 Å². The van der Waals surface area contributed by atoms with E-state index in [1.54, 1.807) is 0 Å². The molecule has 1 fully saturated rings. The van der Waals surface area contributed by atoms with Crippen molar-refractivity contribution < 1.29 is 19.4 Å². The molecule has 3 rings (SSSR count). The van der Waals surface area contributed by atoms with E-state index in [2.05, 4.69) is 18.2 Å². The molecule has 6 nitrogen and oxygen atoms in total. The summed E-state index contributed by atoms with van der Waals surface area (Å²) in [6.45, 7) is 1.63. The van der Waals surface area contributed by atoms with Gasteiger partial charge in [-0.15, -0.1) is 0 Å². The number of likely N-dealkylation sites (tertiary alicyclic amines) is 1. The summed E-state index contributed by atoms with van der Waals surface area (Å²) >= 11 is 0. The summed E-state index contributed by atoms with van der Waals surface area (Å²) in [5.41, 5.74) is 8.01. The van der Waals surface area contributed by atoms with Crippen LogP contribution < -0.4 is 10.5 Å². The molecule has 1 saturated heterocycles. The molecule has 0 aromatic heterocycles. The average Bonchev–Trinajstić information content (AvgIpc) is 3.06. The number of nitrogens with zero attached hydrogens (tertiary/aromatic N) is 1. The maximum atomic E-state index is 12.9. The van der Waals surface area contributed by atoms with Crippen molar-refractivity contribution in [2.24, 2.45) is 11.7 Å². The monoisotopic (exact) mass is 424 g/mol. The molecule has 3 N–H and O–H groups in total. The van der Waals surface area contributed by atoms with Gasteiger partial charge in [-0.1, -0.05) is 42.5 Å². The van der Waals surface area contributed by atoms with Crippen LogP contribution in [0.3, 0.4) is 0 Å². The number of hydrogen-bond donors (Lipinski definition) is 2. The standard InChI is InChI=1S/C25H32N2O4/c26-13-5-10-20-9-4-12-23(15-20)31-18-22-16-21(17-24(28)29)25(30)27(22)14-6-11-19-7-2-1-3-8-19/h1-4,7-9,12,15,21-22H,5-6,10-11,13-14,16-18,26H2,(H,28,29)/t21-,22-/m0/s1. The van der Waals surface area contributed by atoms with Crippen LogP contribution in [0, 0.1) is 5.92 Å². The van der Waals surface area contributed by atoms with Gasteiger partial charge in [0.2, 0.25) is 5.91 Å². The third-order valence-corrected chi connectivity index (χ3v) is 5.77. The molecule has 0 saturated carbocycles. The zero-order valence-corrected chi connectivity index (χ0v) is 17.9. The zero-order valence-electron chi connectivity index (χ0n) is 17.9. The summed E-state index contributed by atoms with van der Waals surface area (Å²) < 4.78 is 6.03. The largest absolute Gasteiger partial charge is 0.491 e. The lowest BCUT2D eigenvalue weighted by molar-refractivity contribution is -0.142. The van der Waals surface area contributed by atoms with Crippen LogP contribution in [0.2, 0.25) is 0 Å². The number of ether oxygens (including phenoxy) is 1. The zero-order chi connectivity index (χ0) is 22.1. The quantitative estimate of drug-likeness (QED) is 0.545. The van der Waals surface area contributed by atoms with E-state index in [0.29, 0.717) is 26.1 Å². The first-order valence-electron chi connectivity index (χ1n) is 11.0. The Morgan fingerprint density at radius 3 is 2.55 bits per heavy atom. The van der Waals surface area contributed by atoms with Crippen LogP contribution in [0.5, 0.6) is 5.75 Å². The molecular weight excluding hydrogens is 392 g/mol. The number of benzene rings is 2. The summed E-state index contributed by atoms with van der Waals surface area (Å²) in [7, 11) is 0. The number of aryl methyl sites for hydroxylation is 2. The number of hydrogen-bond acceptors (Lipinski definition) is 4. The molecular formula is C25H32N2O4. The first-order chi connectivity index (χ1) is 15.1. The van der Waals surface area contributed by atoms with Crippen LogP contribution in [0.4, 0.5) is 0 Å². The Labute approximate surface area is 184 Å². The Balaban J connectivity index is 1.60. The van der Waals surface area contributed by atoms with Crippen LogP contribution in [0.1, 0.15) is 36.8 Å². The maximum absolute atomic E-state index is 12.9. The molecule has 1 aliphatic heterocycles. The molecule has 0 unspecified atom stereocenters. The molecule has 1 heterocycles. The summed E-state index contributed by atoms with van der Waals surface area (Å²) in [5.74, 6) is -0.705. The third-order valence-electron chi connectivity index (χ3n) is 5.77. The number of rotatable bonds is 12. The van der Waals surface area contributed by atoms with Gasteiger partial charge in [-0.05, 0) is 61.9 Å². The minimum absolute atomic E-state index is 0.0687. The molecule has 2 atom stereocenters. The number of aliphatic carboxylic acids is 1. The molecule has 0 spiro atoms. The van der Waals surface area contributed by atoms with Gasteiger partial charge >= 0.3 is 5.97 Å². The van der Waals surface area contributed by atoms with Gasteiger partial charge in [0.25, 0.3) is 0 Å². The number of amides is 1. The second kappa shape index (κ2) is 11.5. The number of carbonyl (C=O) groups is 2. The Bertz CT molecular complexity index is 856. The molecule has 0 bridgehead atoms. The van der Waals surface area contributed by atoms with E-state index in [-0.39, 0.29) is 18.4 Å². The lowest BCUT2D eigenvalue weighted by Crippen LogP contribution is -2.38. The molecule has 2 aromatic carbocycles. The lowest BCUT2D eigenvalue weighted by atomic mass is 10.0. The molecule has 0 aliphatic carbocycles. The highest BCUT2D eigenvalue weighted by atomic mass is 16.5. The molecule has 31 heavy (non-hydrogen) atoms. The van der Waals surface area contributed by atoms with Crippen LogP contribution >= 0.6 is 0 Å². The van der Waals surface area contributed by atoms with Gasteiger partial charge < -0.3 is 20.5 Å². The van der Waals surface area contributed by atoms with Gasteiger partial charge in [-0.2, -0.15) is 0 Å². The smallest absolute Gasteiger partial charge is 0.304 e. The van der Waals surface area contributed by atoms with E-state index in [4.69, 9.17) is 10.5 Å². The molecule has 2 aromatic rings. The molecule has 6 heteroatoms. The summed E-state index contributed by atoms with van der Waals surface area (Å²) in [6, 6.07) is 18.0. The van der Waals surface area contributed by atoms with Gasteiger partial charge in [0.1, 0.15) is 12.4 Å². The van der Waals surface area contributed by atoms with E-state index < -0.39 is 11.9 Å². The molecule has 1 amide bonds. The highest BCUT2D eigenvalue weighted by molar-refractivity contribution is 5.85. The van der Waals surface area contributed by atoms with Gasteiger partial charge in [0.15, 0.2) is 0 Å². The number of carbonyl (C=O) groups excluding carboxylic acids is 1. The molecule has 1 aliphatic rings. The fourth-order valence-corrected chi connectivity index (χ4v) is 4.19. The maximum Gasteiger partial charge on any atom is 0.304 e. The van der Waals surface area contributed by atoms with Crippen LogP contribution in [-0.4, -0.2) is 47.6 Å². The van der Waals surface area contributed by atoms with E-state index in [0.717, 1.165) is 31.4 Å². The van der Waals surface area contributed by atoms with Gasteiger partial charge in [-0.25, -0.2) is 0 Å².